The topological polar surface area (TPSA) is 105 Å². The molecule has 1 spiro atoms. The third-order valence-electron chi connectivity index (χ3n) is 7.62. The summed E-state index contributed by atoms with van der Waals surface area (Å²) in [6, 6.07) is 4.28. The molecule has 4 rings (SSSR count). The van der Waals surface area contributed by atoms with E-state index in [1.54, 1.807) is 6.92 Å². The molecule has 2 bridgehead atoms. The summed E-state index contributed by atoms with van der Waals surface area (Å²) in [6.07, 6.45) is 1.18. The van der Waals surface area contributed by atoms with Crippen molar-refractivity contribution in [2.24, 2.45) is 17.8 Å². The summed E-state index contributed by atoms with van der Waals surface area (Å²) in [5.74, 6) is -2.43. The molecular weight excluding hydrogens is 436 g/mol. The van der Waals surface area contributed by atoms with E-state index in [0.29, 0.717) is 24.9 Å². The number of hydrogen-bond acceptors (Lipinski definition) is 6. The Hall–Kier alpha value is -2.45. The molecule has 2 N–H and O–H groups in total. The number of ether oxygens (including phenoxy) is 2. The number of fused-ring (bicyclic) bond motifs is 1. The third-order valence-corrected chi connectivity index (χ3v) is 7.62. The van der Waals surface area contributed by atoms with Crippen LogP contribution in [0.25, 0.3) is 0 Å². The number of aliphatic hydroxyl groups excluding tert-OH is 1. The van der Waals surface area contributed by atoms with Crippen LogP contribution in [0.15, 0.2) is 18.2 Å². The Kier molecular flexibility index (Phi) is 6.75. The van der Waals surface area contributed by atoms with Crippen molar-refractivity contribution in [1.82, 2.24) is 4.90 Å². The second-order valence-corrected chi connectivity index (χ2v) is 10.3. The molecule has 3 aliphatic rings. The number of esters is 1. The monoisotopic (exact) mass is 472 g/mol. The van der Waals surface area contributed by atoms with E-state index in [2.05, 4.69) is 5.32 Å². The van der Waals surface area contributed by atoms with Crippen LogP contribution in [-0.4, -0.2) is 64.8 Å². The first-order chi connectivity index (χ1) is 16.2. The summed E-state index contributed by atoms with van der Waals surface area (Å²) in [7, 11) is 0. The molecular formula is C26H36N2O6. The summed E-state index contributed by atoms with van der Waals surface area (Å²) >= 11 is 0. The van der Waals surface area contributed by atoms with Crippen molar-refractivity contribution in [3.8, 4) is 0 Å². The first-order valence-electron chi connectivity index (χ1n) is 12.3. The summed E-state index contributed by atoms with van der Waals surface area (Å²) in [5.41, 5.74) is 1.43. The van der Waals surface area contributed by atoms with Gasteiger partial charge in [0.2, 0.25) is 11.8 Å². The number of nitrogens with zero attached hydrogens (tertiary/aromatic N) is 1. The van der Waals surface area contributed by atoms with Gasteiger partial charge in [-0.2, -0.15) is 0 Å². The normalized spacial score (nSPS) is 30.6. The van der Waals surface area contributed by atoms with Crippen molar-refractivity contribution in [1.29, 1.82) is 0 Å². The van der Waals surface area contributed by atoms with Gasteiger partial charge in [0.25, 0.3) is 0 Å². The van der Waals surface area contributed by atoms with Crippen molar-refractivity contribution >= 4 is 23.5 Å². The fourth-order valence-electron chi connectivity index (χ4n) is 6.31. The highest BCUT2D eigenvalue weighted by molar-refractivity contribution is 6.04. The predicted molar refractivity (Wildman–Crippen MR) is 126 cm³/mol. The van der Waals surface area contributed by atoms with Gasteiger partial charge < -0.3 is 24.8 Å². The van der Waals surface area contributed by atoms with Gasteiger partial charge in [-0.3, -0.25) is 14.4 Å². The molecule has 0 radical (unpaired) electrons. The Labute approximate surface area is 201 Å². The molecule has 2 amide bonds. The number of anilines is 1. The lowest BCUT2D eigenvalue weighted by atomic mass is 9.70. The maximum atomic E-state index is 13.9. The molecule has 3 saturated heterocycles. The number of nitrogens with one attached hydrogen (secondary N) is 1. The van der Waals surface area contributed by atoms with E-state index in [-0.39, 0.29) is 30.9 Å². The number of aryl methyl sites for hydroxylation is 2. The maximum absolute atomic E-state index is 13.9. The number of benzene rings is 1. The number of rotatable bonds is 8. The quantitative estimate of drug-likeness (QED) is 0.564. The number of para-hydroxylation sites is 1. The molecule has 0 aromatic heterocycles. The Bertz CT molecular complexity index is 958. The smallest absolute Gasteiger partial charge is 0.312 e. The zero-order valence-corrected chi connectivity index (χ0v) is 20.7. The highest BCUT2D eigenvalue weighted by Gasteiger charge is 2.75. The second kappa shape index (κ2) is 9.30. The van der Waals surface area contributed by atoms with Crippen molar-refractivity contribution in [2.75, 3.05) is 18.5 Å². The molecule has 8 heteroatoms. The lowest BCUT2D eigenvalue weighted by molar-refractivity contribution is -0.155. The van der Waals surface area contributed by atoms with E-state index in [1.807, 2.05) is 45.9 Å². The van der Waals surface area contributed by atoms with E-state index < -0.39 is 41.6 Å². The largest absolute Gasteiger partial charge is 0.466 e. The van der Waals surface area contributed by atoms with Crippen molar-refractivity contribution in [3.63, 3.8) is 0 Å². The molecule has 0 aliphatic carbocycles. The molecule has 6 atom stereocenters. The number of carbonyl (C=O) groups excluding carboxylic acids is 3. The summed E-state index contributed by atoms with van der Waals surface area (Å²) in [4.78, 5) is 42.2. The van der Waals surface area contributed by atoms with E-state index >= 15 is 0 Å². The fourth-order valence-corrected chi connectivity index (χ4v) is 6.31. The molecule has 0 saturated carbocycles. The van der Waals surface area contributed by atoms with E-state index in [9.17, 15) is 19.5 Å². The van der Waals surface area contributed by atoms with Gasteiger partial charge in [0.05, 0.1) is 37.2 Å². The highest BCUT2D eigenvalue weighted by Crippen LogP contribution is 2.59. The molecule has 3 fully saturated rings. The Balaban J connectivity index is 1.77. The minimum Gasteiger partial charge on any atom is -0.466 e. The van der Waals surface area contributed by atoms with Crippen LogP contribution >= 0.6 is 0 Å². The number of aliphatic hydroxyl groups is 1. The van der Waals surface area contributed by atoms with Gasteiger partial charge in [0.15, 0.2) is 0 Å². The lowest BCUT2D eigenvalue weighted by Gasteiger charge is -2.37. The molecule has 1 aromatic rings. The van der Waals surface area contributed by atoms with Crippen molar-refractivity contribution < 1.29 is 29.0 Å². The molecule has 2 unspecified atom stereocenters. The van der Waals surface area contributed by atoms with Crippen LogP contribution in [0.4, 0.5) is 5.69 Å². The van der Waals surface area contributed by atoms with Gasteiger partial charge in [-0.1, -0.05) is 32.0 Å². The van der Waals surface area contributed by atoms with Gasteiger partial charge in [0.1, 0.15) is 11.6 Å². The Morgan fingerprint density at radius 2 is 1.97 bits per heavy atom. The number of likely N-dealkylation sites (tertiary alicyclic amines) is 1. The van der Waals surface area contributed by atoms with E-state index in [1.165, 1.54) is 4.90 Å². The van der Waals surface area contributed by atoms with Gasteiger partial charge in [-0.05, 0) is 57.1 Å². The zero-order valence-electron chi connectivity index (χ0n) is 20.7. The molecule has 34 heavy (non-hydrogen) atoms. The van der Waals surface area contributed by atoms with Gasteiger partial charge in [0, 0.05) is 5.69 Å². The minimum atomic E-state index is -1.11. The van der Waals surface area contributed by atoms with E-state index in [0.717, 1.165) is 11.1 Å². The van der Waals surface area contributed by atoms with Gasteiger partial charge >= 0.3 is 5.97 Å². The van der Waals surface area contributed by atoms with Crippen LogP contribution in [0.3, 0.4) is 0 Å². The van der Waals surface area contributed by atoms with Crippen LogP contribution in [0.2, 0.25) is 0 Å². The average Bonchev–Trinajstić information content (AvgIpc) is 3.42. The first kappa shape index (κ1) is 24.7. The van der Waals surface area contributed by atoms with Crippen LogP contribution in [0.5, 0.6) is 0 Å². The molecule has 3 heterocycles. The van der Waals surface area contributed by atoms with Crippen LogP contribution in [-0.2, 0) is 23.9 Å². The SMILES string of the molecule is CCOC(=O)[C@@H]1[C@@H]2CCC3(O2)C(C(=O)Nc2c(C)cccc2C)N([C@@H](CO)CC(C)C)C(=O)[C@H]13. The summed E-state index contributed by atoms with van der Waals surface area (Å²) < 4.78 is 11.7. The van der Waals surface area contributed by atoms with E-state index in [4.69, 9.17) is 9.47 Å². The third kappa shape index (κ3) is 3.81. The van der Waals surface area contributed by atoms with Gasteiger partial charge in [-0.15, -0.1) is 0 Å². The Morgan fingerprint density at radius 3 is 2.56 bits per heavy atom. The molecule has 186 valence electrons. The fraction of sp³-hybridized carbons (Fsp3) is 0.654. The van der Waals surface area contributed by atoms with Gasteiger partial charge in [-0.25, -0.2) is 0 Å². The first-order valence-corrected chi connectivity index (χ1v) is 12.3. The number of amides is 2. The predicted octanol–water partition coefficient (Wildman–Crippen LogP) is 2.59. The number of hydrogen-bond donors (Lipinski definition) is 2. The Morgan fingerprint density at radius 1 is 1.29 bits per heavy atom. The van der Waals surface area contributed by atoms with Crippen LogP contribution in [0.1, 0.15) is 51.2 Å². The van der Waals surface area contributed by atoms with Crippen molar-refractivity contribution in [2.45, 2.75) is 77.7 Å². The number of carbonyl (C=O) groups is 3. The van der Waals surface area contributed by atoms with Crippen molar-refractivity contribution in [3.05, 3.63) is 29.3 Å². The highest BCUT2D eigenvalue weighted by atomic mass is 16.6. The average molecular weight is 473 g/mol. The molecule has 1 aromatic carbocycles. The minimum absolute atomic E-state index is 0.198. The molecule has 8 nitrogen and oxygen atoms in total. The standard InChI is InChI=1S/C26H36N2O6/c1-6-33-25(32)19-18-10-11-26(34-18)20(19)24(31)28(17(13-29)12-14(2)3)22(26)23(30)27-21-15(4)8-7-9-16(21)5/h7-9,14,17-20,22,29H,6,10-13H2,1-5H3,(H,27,30)/t17-,18+,19-,20+,22?,26?/m1/s1. The zero-order chi connectivity index (χ0) is 24.8. The van der Waals surface area contributed by atoms with Crippen LogP contribution < -0.4 is 5.32 Å². The maximum Gasteiger partial charge on any atom is 0.312 e. The summed E-state index contributed by atoms with van der Waals surface area (Å²) in [6.45, 7) is 9.54. The molecule has 3 aliphatic heterocycles. The lowest BCUT2D eigenvalue weighted by Crippen LogP contribution is -2.56. The van der Waals surface area contributed by atoms with Crippen LogP contribution in [0, 0.1) is 31.6 Å². The second-order valence-electron chi connectivity index (χ2n) is 10.3. The summed E-state index contributed by atoms with van der Waals surface area (Å²) in [5, 5.41) is 13.3.